The maximum atomic E-state index is 5.01. The van der Waals surface area contributed by atoms with E-state index in [9.17, 15) is 0 Å². The van der Waals surface area contributed by atoms with Gasteiger partial charge in [-0.3, -0.25) is 0 Å². The summed E-state index contributed by atoms with van der Waals surface area (Å²) in [7, 11) is 20.1. The molecule has 0 saturated carbocycles. The molecule has 0 N–H and O–H groups in total. The van der Waals surface area contributed by atoms with Gasteiger partial charge < -0.3 is 0 Å². The van der Waals surface area contributed by atoms with Crippen molar-refractivity contribution in [3.05, 3.63) is 0 Å². The van der Waals surface area contributed by atoms with E-state index in [1.165, 1.54) is 0 Å². The molecule has 0 atom stereocenters. The minimum atomic E-state index is -3.11. The van der Waals surface area contributed by atoms with Gasteiger partial charge in [0.2, 0.25) is 0 Å². The van der Waals surface area contributed by atoms with Crippen molar-refractivity contribution in [2.45, 2.75) is 7.43 Å². The molecule has 0 nitrogen and oxygen atoms in total. The van der Waals surface area contributed by atoms with Crippen LogP contribution in [0.15, 0.2) is 0 Å². The molecule has 0 radical (unpaired) electrons. The van der Waals surface area contributed by atoms with Crippen LogP contribution in [0.25, 0.3) is 0 Å². The molecule has 0 unspecified atom stereocenters. The molecule has 42 valence electrons. The molecule has 0 aliphatic carbocycles. The average Bonchev–Trinajstić information content (AvgIpc) is 0.722. The van der Waals surface area contributed by atoms with Gasteiger partial charge in [0.25, 0.3) is 0 Å². The van der Waals surface area contributed by atoms with Crippen molar-refractivity contribution in [1.82, 2.24) is 0 Å². The van der Waals surface area contributed by atoms with Crippen LogP contribution in [-0.4, -0.2) is 18.9 Å². The third-order valence-electron chi connectivity index (χ3n) is 0. The second-order valence-corrected chi connectivity index (χ2v) is 15.9. The van der Waals surface area contributed by atoms with Crippen LogP contribution >= 0.6 is 37.2 Å². The monoisotopic (exact) mass is 212 g/mol. The zero-order valence-corrected chi connectivity index (χ0v) is 6.60. The number of halogens is 4. The number of hydrogen-bond donors (Lipinski definition) is 0. The van der Waals surface area contributed by atoms with Gasteiger partial charge in [-0.25, -0.2) is 0 Å². The molecule has 0 amide bonds. The molecular formula is CH5Cl4LiTi. The summed E-state index contributed by atoms with van der Waals surface area (Å²) in [5, 5.41) is 0. The molecule has 0 heterocycles. The zero-order valence-electron chi connectivity index (χ0n) is 2.01. The zero-order chi connectivity index (χ0) is 4.50. The fourth-order valence-corrected chi connectivity index (χ4v) is 0. The fourth-order valence-electron chi connectivity index (χ4n) is 0. The third-order valence-corrected chi connectivity index (χ3v) is 0. The molecule has 0 bridgehead atoms. The van der Waals surface area contributed by atoms with E-state index in [-0.39, 0.29) is 26.3 Å². The van der Waals surface area contributed by atoms with Gasteiger partial charge in [-0.05, 0) is 0 Å². The van der Waals surface area contributed by atoms with Crippen molar-refractivity contribution in [1.29, 1.82) is 0 Å². The summed E-state index contributed by atoms with van der Waals surface area (Å²) in [6.07, 6.45) is 0. The Morgan fingerprint density at radius 1 is 0.857 bits per heavy atom. The summed E-state index contributed by atoms with van der Waals surface area (Å²) in [6.45, 7) is 0. The first kappa shape index (κ1) is 16.2. The molecule has 6 heteroatoms. The van der Waals surface area contributed by atoms with Gasteiger partial charge in [-0.2, -0.15) is 0 Å². The molecule has 0 aromatic rings. The summed E-state index contributed by atoms with van der Waals surface area (Å²) in [6, 6.07) is 0. The topological polar surface area (TPSA) is 0 Å². The fraction of sp³-hybridized carbons (Fsp3) is 1.00. The number of hydrogen-bond acceptors (Lipinski definition) is 0. The van der Waals surface area contributed by atoms with Crippen LogP contribution in [0, 0.1) is 0 Å². The van der Waals surface area contributed by atoms with E-state index in [4.69, 9.17) is 37.2 Å². The average molecular weight is 214 g/mol. The van der Waals surface area contributed by atoms with E-state index >= 15 is 0 Å². The van der Waals surface area contributed by atoms with Crippen LogP contribution in [0.2, 0.25) is 0 Å². The standard InChI is InChI=1S/CH4.4ClH.Li.Ti.H/h1H4;4*1H;;;/q;;;;;;+4;/p-4. The predicted molar refractivity (Wildman–Crippen MR) is 37.3 cm³/mol. The first-order chi connectivity index (χ1) is 2.00. The molecule has 0 saturated heterocycles. The van der Waals surface area contributed by atoms with Gasteiger partial charge >= 0.3 is 68.4 Å². The van der Waals surface area contributed by atoms with Crippen LogP contribution < -0.4 is 0 Å². The second kappa shape index (κ2) is 6.59. The van der Waals surface area contributed by atoms with Gasteiger partial charge in [0, 0.05) is 0 Å². The first-order valence-corrected chi connectivity index (χ1v) is 9.35. The van der Waals surface area contributed by atoms with Crippen LogP contribution in [0.4, 0.5) is 0 Å². The van der Waals surface area contributed by atoms with E-state index in [2.05, 4.69) is 0 Å². The Morgan fingerprint density at radius 3 is 0.857 bits per heavy atom. The van der Waals surface area contributed by atoms with E-state index in [1.54, 1.807) is 0 Å². The van der Waals surface area contributed by atoms with Crippen molar-refractivity contribution < 1.29 is 12.3 Å². The Hall–Kier alpha value is 2.47. The summed E-state index contributed by atoms with van der Waals surface area (Å²) >= 11 is -3.11. The van der Waals surface area contributed by atoms with Crippen LogP contribution in [0.5, 0.6) is 0 Å². The van der Waals surface area contributed by atoms with Gasteiger partial charge in [-0.1, -0.05) is 7.43 Å². The van der Waals surface area contributed by atoms with Gasteiger partial charge in [0.1, 0.15) is 0 Å². The predicted octanol–water partition coefficient (Wildman–Crippen LogP) is 2.74. The SMILES string of the molecule is C.[Cl][Ti]([Cl])([Cl])[Cl].[LiH]. The van der Waals surface area contributed by atoms with E-state index < -0.39 is 12.3 Å². The van der Waals surface area contributed by atoms with E-state index in [0.29, 0.717) is 0 Å². The molecule has 7 heavy (non-hydrogen) atoms. The summed E-state index contributed by atoms with van der Waals surface area (Å²) < 4.78 is 0. The molecule has 0 aliphatic heterocycles. The molecular weight excluding hydrogens is 209 g/mol. The van der Waals surface area contributed by atoms with Gasteiger partial charge in [0.05, 0.1) is 0 Å². The molecule has 0 spiro atoms. The van der Waals surface area contributed by atoms with E-state index in [1.807, 2.05) is 0 Å². The molecule has 0 fully saturated rings. The summed E-state index contributed by atoms with van der Waals surface area (Å²) in [5.74, 6) is 0. The molecule has 0 rings (SSSR count). The summed E-state index contributed by atoms with van der Waals surface area (Å²) in [4.78, 5) is 0. The molecule has 0 aromatic carbocycles. The minimum absolute atomic E-state index is 0. The van der Waals surface area contributed by atoms with Crippen molar-refractivity contribution in [2.75, 3.05) is 0 Å². The van der Waals surface area contributed by atoms with Crippen molar-refractivity contribution in [3.8, 4) is 0 Å². The van der Waals surface area contributed by atoms with Crippen molar-refractivity contribution >= 4 is 56.1 Å². The van der Waals surface area contributed by atoms with Gasteiger partial charge in [-0.15, -0.1) is 0 Å². The Morgan fingerprint density at radius 2 is 0.857 bits per heavy atom. The number of rotatable bonds is 0. The second-order valence-electron chi connectivity index (χ2n) is 0.429. The van der Waals surface area contributed by atoms with Crippen molar-refractivity contribution in [2.24, 2.45) is 0 Å². The van der Waals surface area contributed by atoms with Crippen molar-refractivity contribution in [3.63, 3.8) is 0 Å². The molecule has 0 aromatic heterocycles. The maximum absolute atomic E-state index is 5.01. The first-order valence-electron chi connectivity index (χ1n) is 0.756. The van der Waals surface area contributed by atoms with E-state index in [0.717, 1.165) is 0 Å². The Balaban J connectivity index is -0.0000000800. The Bertz CT molecular complexity index is 27.2. The normalized spacial score (nSPS) is 8.57. The third kappa shape index (κ3) is 58.1. The van der Waals surface area contributed by atoms with Crippen LogP contribution in [-0.2, 0) is 12.3 Å². The Labute approximate surface area is 74.9 Å². The quantitative estimate of drug-likeness (QED) is 0.543. The van der Waals surface area contributed by atoms with Crippen LogP contribution in [0.1, 0.15) is 7.43 Å². The Kier molecular flexibility index (Phi) is 15.3. The summed E-state index contributed by atoms with van der Waals surface area (Å²) in [5.41, 5.74) is 0. The van der Waals surface area contributed by atoms with Crippen LogP contribution in [0.3, 0.4) is 0 Å². The van der Waals surface area contributed by atoms with Gasteiger partial charge in [0.15, 0.2) is 0 Å². The molecule has 0 aliphatic rings.